The molecule has 0 unspecified atom stereocenters. The molecule has 0 spiro atoms. The maximum Gasteiger partial charge on any atom is 0.283 e. The zero-order chi connectivity index (χ0) is 21.3. The fraction of sp³-hybridized carbons (Fsp3) is 0.348. The first-order valence-corrected chi connectivity index (χ1v) is 11.1. The Kier molecular flexibility index (Phi) is 5.81. The van der Waals surface area contributed by atoms with Crippen LogP contribution in [0.2, 0.25) is 0 Å². The molecule has 1 aromatic heterocycles. The largest absolute Gasteiger partial charge is 0.368 e. The summed E-state index contributed by atoms with van der Waals surface area (Å²) in [5.41, 5.74) is 5.22. The van der Waals surface area contributed by atoms with E-state index in [9.17, 15) is 9.59 Å². The standard InChI is InChI=1S/C23H26N4O2S/c1-16-7-6-10-19(17(16)2)26-11-13-27(14-12-26)21(28)15-30-22-23(29)25(3)20-9-5-4-8-18(20)24-22/h4-10H,11-15H2,1-3H3. The van der Waals surface area contributed by atoms with Crippen LogP contribution in [0.4, 0.5) is 5.69 Å². The molecule has 30 heavy (non-hydrogen) atoms. The Morgan fingerprint density at radius 2 is 1.77 bits per heavy atom. The Labute approximate surface area is 180 Å². The molecule has 1 aliphatic heterocycles. The number of nitrogens with zero attached hydrogens (tertiary/aromatic N) is 4. The van der Waals surface area contributed by atoms with Gasteiger partial charge in [0.05, 0.1) is 16.8 Å². The summed E-state index contributed by atoms with van der Waals surface area (Å²) < 4.78 is 1.60. The first-order valence-electron chi connectivity index (χ1n) is 10.1. The molecule has 0 bridgehead atoms. The summed E-state index contributed by atoms with van der Waals surface area (Å²) >= 11 is 1.23. The number of carbonyl (C=O) groups excluding carboxylic acids is 1. The summed E-state index contributed by atoms with van der Waals surface area (Å²) in [5.74, 6) is 0.280. The van der Waals surface area contributed by atoms with E-state index < -0.39 is 0 Å². The lowest BCUT2D eigenvalue weighted by Gasteiger charge is -2.37. The number of aromatic nitrogens is 2. The Hall–Kier alpha value is -2.80. The minimum absolute atomic E-state index is 0.0534. The minimum atomic E-state index is -0.161. The zero-order valence-electron chi connectivity index (χ0n) is 17.6. The number of rotatable bonds is 4. The quantitative estimate of drug-likeness (QED) is 0.605. The van der Waals surface area contributed by atoms with Crippen molar-refractivity contribution in [3.63, 3.8) is 0 Å². The molecule has 3 aromatic rings. The first-order chi connectivity index (χ1) is 14.5. The normalized spacial score (nSPS) is 14.4. The molecule has 1 amide bonds. The second-order valence-electron chi connectivity index (χ2n) is 7.65. The van der Waals surface area contributed by atoms with Crippen molar-refractivity contribution in [3.8, 4) is 0 Å². The second kappa shape index (κ2) is 8.52. The highest BCUT2D eigenvalue weighted by Gasteiger charge is 2.23. The molecule has 156 valence electrons. The molecular weight excluding hydrogens is 396 g/mol. The van der Waals surface area contributed by atoms with Gasteiger partial charge in [0, 0.05) is 38.9 Å². The van der Waals surface area contributed by atoms with Crippen molar-refractivity contribution < 1.29 is 4.79 Å². The van der Waals surface area contributed by atoms with E-state index in [0.717, 1.165) is 24.1 Å². The van der Waals surface area contributed by atoms with Gasteiger partial charge in [-0.05, 0) is 43.2 Å². The molecule has 7 heteroatoms. The maximum atomic E-state index is 12.7. The van der Waals surface area contributed by atoms with Crippen LogP contribution in [-0.4, -0.2) is 52.3 Å². The average Bonchev–Trinajstić information content (AvgIpc) is 2.77. The van der Waals surface area contributed by atoms with Crippen molar-refractivity contribution in [1.29, 1.82) is 0 Å². The van der Waals surface area contributed by atoms with Crippen LogP contribution in [0.1, 0.15) is 11.1 Å². The molecule has 2 aromatic carbocycles. The Morgan fingerprint density at radius 3 is 2.53 bits per heavy atom. The molecule has 1 saturated heterocycles. The van der Waals surface area contributed by atoms with E-state index >= 15 is 0 Å². The molecule has 0 radical (unpaired) electrons. The van der Waals surface area contributed by atoms with Crippen molar-refractivity contribution in [2.75, 3.05) is 36.8 Å². The first kappa shape index (κ1) is 20.5. The highest BCUT2D eigenvalue weighted by molar-refractivity contribution is 7.99. The molecule has 0 saturated carbocycles. The van der Waals surface area contributed by atoms with Gasteiger partial charge in [-0.25, -0.2) is 4.98 Å². The number of hydrogen-bond acceptors (Lipinski definition) is 5. The fourth-order valence-corrected chi connectivity index (χ4v) is 4.71. The van der Waals surface area contributed by atoms with E-state index in [1.807, 2.05) is 29.2 Å². The number of anilines is 1. The lowest BCUT2D eigenvalue weighted by Crippen LogP contribution is -2.49. The van der Waals surface area contributed by atoms with Crippen LogP contribution in [0, 0.1) is 13.8 Å². The number of hydrogen-bond donors (Lipinski definition) is 0. The average molecular weight is 423 g/mol. The topological polar surface area (TPSA) is 58.4 Å². The Morgan fingerprint density at radius 1 is 1.03 bits per heavy atom. The molecule has 0 N–H and O–H groups in total. The van der Waals surface area contributed by atoms with Crippen LogP contribution < -0.4 is 10.5 Å². The summed E-state index contributed by atoms with van der Waals surface area (Å²) in [6, 6.07) is 13.9. The van der Waals surface area contributed by atoms with Crippen LogP contribution >= 0.6 is 11.8 Å². The van der Waals surface area contributed by atoms with E-state index in [4.69, 9.17) is 0 Å². The van der Waals surface area contributed by atoms with Crippen molar-refractivity contribution in [1.82, 2.24) is 14.5 Å². The molecule has 0 atom stereocenters. The molecule has 2 heterocycles. The predicted octanol–water partition coefficient (Wildman–Crippen LogP) is 2.99. The van der Waals surface area contributed by atoms with E-state index in [0.29, 0.717) is 18.1 Å². The van der Waals surface area contributed by atoms with Crippen LogP contribution in [-0.2, 0) is 11.8 Å². The van der Waals surface area contributed by atoms with Crippen LogP contribution in [0.15, 0.2) is 52.3 Å². The fourth-order valence-electron chi connectivity index (χ4n) is 3.84. The molecule has 0 aliphatic carbocycles. The van der Waals surface area contributed by atoms with Crippen molar-refractivity contribution in [2.24, 2.45) is 7.05 Å². The third-order valence-electron chi connectivity index (χ3n) is 5.83. The highest BCUT2D eigenvalue weighted by Crippen LogP contribution is 2.24. The lowest BCUT2D eigenvalue weighted by molar-refractivity contribution is -0.128. The summed E-state index contributed by atoms with van der Waals surface area (Å²) in [6.45, 7) is 7.29. The van der Waals surface area contributed by atoms with Gasteiger partial charge in [0.25, 0.3) is 5.56 Å². The second-order valence-corrected chi connectivity index (χ2v) is 8.61. The monoisotopic (exact) mass is 422 g/mol. The number of carbonyl (C=O) groups is 1. The van der Waals surface area contributed by atoms with E-state index in [1.54, 1.807) is 11.6 Å². The lowest BCUT2D eigenvalue weighted by atomic mass is 10.1. The van der Waals surface area contributed by atoms with Gasteiger partial charge in [0.15, 0.2) is 5.03 Å². The van der Waals surface area contributed by atoms with E-state index in [1.165, 1.54) is 28.6 Å². The van der Waals surface area contributed by atoms with Crippen LogP contribution in [0.25, 0.3) is 11.0 Å². The number of para-hydroxylation sites is 2. The number of amides is 1. The number of fused-ring (bicyclic) bond motifs is 1. The highest BCUT2D eigenvalue weighted by atomic mass is 32.2. The number of piperazine rings is 1. The number of benzene rings is 2. The maximum absolute atomic E-state index is 12.7. The van der Waals surface area contributed by atoms with Gasteiger partial charge in [-0.1, -0.05) is 36.0 Å². The van der Waals surface area contributed by atoms with Gasteiger partial charge in [-0.3, -0.25) is 9.59 Å². The molecule has 1 fully saturated rings. The SMILES string of the molecule is Cc1cccc(N2CCN(C(=O)CSc3nc4ccccc4n(C)c3=O)CC2)c1C. The predicted molar refractivity (Wildman–Crippen MR) is 122 cm³/mol. The molecule has 4 rings (SSSR count). The number of aryl methyl sites for hydroxylation is 2. The minimum Gasteiger partial charge on any atom is -0.368 e. The van der Waals surface area contributed by atoms with Crippen LogP contribution in [0.3, 0.4) is 0 Å². The Bertz CT molecular complexity index is 1150. The molecular formula is C23H26N4O2S. The third-order valence-corrected chi connectivity index (χ3v) is 6.76. The zero-order valence-corrected chi connectivity index (χ0v) is 18.4. The number of thioether (sulfide) groups is 1. The van der Waals surface area contributed by atoms with Crippen molar-refractivity contribution in [2.45, 2.75) is 18.9 Å². The summed E-state index contributed by atoms with van der Waals surface area (Å²) in [6.07, 6.45) is 0. The summed E-state index contributed by atoms with van der Waals surface area (Å²) in [4.78, 5) is 34.0. The van der Waals surface area contributed by atoms with Crippen molar-refractivity contribution >= 4 is 34.4 Å². The van der Waals surface area contributed by atoms with E-state index in [-0.39, 0.29) is 17.2 Å². The van der Waals surface area contributed by atoms with Gasteiger partial charge in [-0.2, -0.15) is 0 Å². The smallest absolute Gasteiger partial charge is 0.283 e. The third kappa shape index (κ3) is 3.94. The summed E-state index contributed by atoms with van der Waals surface area (Å²) in [5, 5.41) is 0.374. The Balaban J connectivity index is 1.39. The molecule has 6 nitrogen and oxygen atoms in total. The van der Waals surface area contributed by atoms with Crippen molar-refractivity contribution in [3.05, 3.63) is 63.9 Å². The van der Waals surface area contributed by atoms with Gasteiger partial charge >= 0.3 is 0 Å². The van der Waals surface area contributed by atoms with Gasteiger partial charge in [-0.15, -0.1) is 0 Å². The van der Waals surface area contributed by atoms with E-state index in [2.05, 4.69) is 41.9 Å². The van der Waals surface area contributed by atoms with Gasteiger partial charge in [0.1, 0.15) is 0 Å². The summed E-state index contributed by atoms with van der Waals surface area (Å²) in [7, 11) is 1.74. The van der Waals surface area contributed by atoms with Gasteiger partial charge in [0.2, 0.25) is 5.91 Å². The van der Waals surface area contributed by atoms with Crippen LogP contribution in [0.5, 0.6) is 0 Å². The molecule has 1 aliphatic rings. The van der Waals surface area contributed by atoms with Gasteiger partial charge < -0.3 is 14.4 Å².